The van der Waals surface area contributed by atoms with E-state index in [0.717, 1.165) is 38.9 Å². The van der Waals surface area contributed by atoms with Gasteiger partial charge < -0.3 is 14.2 Å². The zero-order chi connectivity index (χ0) is 15.6. The van der Waals surface area contributed by atoms with Crippen LogP contribution < -0.4 is 4.74 Å². The predicted octanol–water partition coefficient (Wildman–Crippen LogP) is 3.04. The van der Waals surface area contributed by atoms with Crippen molar-refractivity contribution in [1.29, 1.82) is 5.26 Å². The first-order valence-corrected chi connectivity index (χ1v) is 7.81. The number of hydrogen-bond donors (Lipinski definition) is 0. The largest absolute Gasteiger partial charge is 0.474 e. The highest BCUT2D eigenvalue weighted by atomic mass is 16.7. The molecule has 0 bridgehead atoms. The molecule has 1 aliphatic carbocycles. The Bertz CT molecular complexity index is 542. The van der Waals surface area contributed by atoms with Gasteiger partial charge in [-0.05, 0) is 18.9 Å². The molecule has 1 aromatic rings. The van der Waals surface area contributed by atoms with Crippen LogP contribution in [0.5, 0.6) is 5.88 Å². The molecular formula is C17H22N2O3. The number of ether oxygens (including phenoxy) is 3. The van der Waals surface area contributed by atoms with E-state index < -0.39 is 5.79 Å². The maximum Gasteiger partial charge on any atom is 0.213 e. The molecule has 0 radical (unpaired) electrons. The van der Waals surface area contributed by atoms with Gasteiger partial charge >= 0.3 is 0 Å². The van der Waals surface area contributed by atoms with Crippen LogP contribution >= 0.6 is 0 Å². The topological polar surface area (TPSA) is 64.4 Å². The Morgan fingerprint density at radius 1 is 1.23 bits per heavy atom. The molecule has 3 rings (SSSR count). The second-order valence-corrected chi connectivity index (χ2v) is 6.97. The molecule has 1 aromatic heterocycles. The minimum atomic E-state index is -0.409. The van der Waals surface area contributed by atoms with Crippen molar-refractivity contribution >= 4 is 0 Å². The summed E-state index contributed by atoms with van der Waals surface area (Å²) in [5, 5.41) is 8.77. The first-order valence-electron chi connectivity index (χ1n) is 7.81. The lowest BCUT2D eigenvalue weighted by molar-refractivity contribution is -0.313. The van der Waals surface area contributed by atoms with Gasteiger partial charge in [0.2, 0.25) is 5.88 Å². The molecule has 1 saturated heterocycles. The van der Waals surface area contributed by atoms with E-state index >= 15 is 0 Å². The molecule has 0 aromatic carbocycles. The van der Waals surface area contributed by atoms with Gasteiger partial charge in [-0.15, -0.1) is 0 Å². The first-order chi connectivity index (χ1) is 10.5. The van der Waals surface area contributed by atoms with E-state index in [4.69, 9.17) is 19.5 Å². The zero-order valence-electron chi connectivity index (χ0n) is 13.2. The summed E-state index contributed by atoms with van der Waals surface area (Å²) >= 11 is 0. The Balaban J connectivity index is 1.52. The van der Waals surface area contributed by atoms with Crippen molar-refractivity contribution < 1.29 is 14.2 Å². The van der Waals surface area contributed by atoms with Crippen molar-refractivity contribution in [3.05, 3.63) is 23.9 Å². The fourth-order valence-electron chi connectivity index (χ4n) is 2.86. The molecule has 5 heteroatoms. The van der Waals surface area contributed by atoms with Crippen molar-refractivity contribution in [2.24, 2.45) is 5.41 Å². The van der Waals surface area contributed by atoms with Gasteiger partial charge in [-0.3, -0.25) is 0 Å². The molecule has 5 nitrogen and oxygen atoms in total. The van der Waals surface area contributed by atoms with Gasteiger partial charge in [0.25, 0.3) is 0 Å². The SMILES string of the molecule is CC1(C)COC2(CCC(Oc3ccc(C#N)cn3)CC2)OC1. The van der Waals surface area contributed by atoms with Gasteiger partial charge in [-0.2, -0.15) is 5.26 Å². The normalized spacial score (nSPS) is 23.9. The molecule has 2 heterocycles. The Morgan fingerprint density at radius 2 is 1.91 bits per heavy atom. The summed E-state index contributed by atoms with van der Waals surface area (Å²) in [4.78, 5) is 4.16. The average molecular weight is 302 g/mol. The van der Waals surface area contributed by atoms with Crippen LogP contribution in [0.3, 0.4) is 0 Å². The molecule has 118 valence electrons. The van der Waals surface area contributed by atoms with E-state index in [2.05, 4.69) is 24.9 Å². The third-order valence-corrected chi connectivity index (χ3v) is 4.30. The molecule has 0 amide bonds. The first kappa shape index (κ1) is 15.3. The van der Waals surface area contributed by atoms with Gasteiger partial charge in [0.05, 0.1) is 18.8 Å². The Morgan fingerprint density at radius 3 is 2.45 bits per heavy atom. The molecule has 0 unspecified atom stereocenters. The summed E-state index contributed by atoms with van der Waals surface area (Å²) in [6.45, 7) is 5.81. The fraction of sp³-hybridized carbons (Fsp3) is 0.647. The molecule has 1 spiro atoms. The summed E-state index contributed by atoms with van der Waals surface area (Å²) in [5.41, 5.74) is 0.645. The lowest BCUT2D eigenvalue weighted by Crippen LogP contribution is -2.50. The summed E-state index contributed by atoms with van der Waals surface area (Å²) in [7, 11) is 0. The van der Waals surface area contributed by atoms with Crippen molar-refractivity contribution in [3.8, 4) is 11.9 Å². The van der Waals surface area contributed by atoms with Gasteiger partial charge in [-0.25, -0.2) is 4.98 Å². The molecular weight excluding hydrogens is 280 g/mol. The number of nitriles is 1. The van der Waals surface area contributed by atoms with E-state index in [-0.39, 0.29) is 11.5 Å². The Hall–Kier alpha value is -1.64. The van der Waals surface area contributed by atoms with Crippen LogP contribution in [0.1, 0.15) is 45.1 Å². The lowest BCUT2D eigenvalue weighted by Gasteiger charge is -2.46. The van der Waals surface area contributed by atoms with Gasteiger partial charge in [-0.1, -0.05) is 13.8 Å². The molecule has 0 atom stereocenters. The summed E-state index contributed by atoms with van der Waals surface area (Å²) in [6, 6.07) is 5.53. The van der Waals surface area contributed by atoms with Crippen LogP contribution in [0, 0.1) is 16.7 Å². The quantitative estimate of drug-likeness (QED) is 0.840. The molecule has 2 aliphatic rings. The van der Waals surface area contributed by atoms with E-state index in [1.807, 2.05) is 0 Å². The monoisotopic (exact) mass is 302 g/mol. The predicted molar refractivity (Wildman–Crippen MR) is 80.3 cm³/mol. The second-order valence-electron chi connectivity index (χ2n) is 6.97. The highest BCUT2D eigenvalue weighted by Crippen LogP contribution is 2.39. The summed E-state index contributed by atoms with van der Waals surface area (Å²) < 4.78 is 17.9. The van der Waals surface area contributed by atoms with Gasteiger partial charge in [0.1, 0.15) is 12.2 Å². The van der Waals surface area contributed by atoms with E-state index in [1.54, 1.807) is 12.1 Å². The average Bonchev–Trinajstić information content (AvgIpc) is 2.54. The maximum atomic E-state index is 8.77. The van der Waals surface area contributed by atoms with Crippen LogP contribution in [-0.2, 0) is 9.47 Å². The lowest BCUT2D eigenvalue weighted by atomic mass is 9.88. The highest BCUT2D eigenvalue weighted by molar-refractivity contribution is 5.28. The summed E-state index contributed by atoms with van der Waals surface area (Å²) in [6.07, 6.45) is 5.15. The highest BCUT2D eigenvalue weighted by Gasteiger charge is 2.43. The minimum absolute atomic E-state index is 0.102. The van der Waals surface area contributed by atoms with Crippen LogP contribution in [0.25, 0.3) is 0 Å². The van der Waals surface area contributed by atoms with Gasteiger partial charge in [0, 0.05) is 30.5 Å². The Labute approximate surface area is 131 Å². The number of hydrogen-bond acceptors (Lipinski definition) is 5. The molecule has 22 heavy (non-hydrogen) atoms. The van der Waals surface area contributed by atoms with Crippen molar-refractivity contribution in [1.82, 2.24) is 4.98 Å². The number of rotatable bonds is 2. The molecule has 1 saturated carbocycles. The maximum absolute atomic E-state index is 8.77. The fourth-order valence-corrected chi connectivity index (χ4v) is 2.86. The standard InChI is InChI=1S/C17H22N2O3/c1-16(2)11-20-17(21-12-16)7-5-14(6-8-17)22-15-4-3-13(9-18)10-19-15/h3-4,10,14H,5-8,11-12H2,1-2H3. The van der Waals surface area contributed by atoms with E-state index in [9.17, 15) is 0 Å². The van der Waals surface area contributed by atoms with Crippen molar-refractivity contribution in [2.75, 3.05) is 13.2 Å². The third kappa shape index (κ3) is 3.40. The third-order valence-electron chi connectivity index (χ3n) is 4.30. The van der Waals surface area contributed by atoms with Gasteiger partial charge in [0.15, 0.2) is 5.79 Å². The van der Waals surface area contributed by atoms with Crippen molar-refractivity contribution in [2.45, 2.75) is 51.4 Å². The number of aromatic nitrogens is 1. The van der Waals surface area contributed by atoms with Crippen LogP contribution in [-0.4, -0.2) is 30.1 Å². The van der Waals surface area contributed by atoms with Crippen molar-refractivity contribution in [3.63, 3.8) is 0 Å². The molecule has 0 N–H and O–H groups in total. The Kier molecular flexibility index (Phi) is 4.07. The van der Waals surface area contributed by atoms with E-state index in [0.29, 0.717) is 11.4 Å². The zero-order valence-corrected chi connectivity index (χ0v) is 13.2. The molecule has 1 aliphatic heterocycles. The minimum Gasteiger partial charge on any atom is -0.474 e. The van der Waals surface area contributed by atoms with Crippen LogP contribution in [0.2, 0.25) is 0 Å². The number of pyridine rings is 1. The smallest absolute Gasteiger partial charge is 0.213 e. The van der Waals surface area contributed by atoms with Crippen LogP contribution in [0.15, 0.2) is 18.3 Å². The van der Waals surface area contributed by atoms with E-state index in [1.165, 1.54) is 6.20 Å². The number of nitrogens with zero attached hydrogens (tertiary/aromatic N) is 2. The van der Waals surface area contributed by atoms with Crippen LogP contribution in [0.4, 0.5) is 0 Å². The second kappa shape index (κ2) is 5.86. The summed E-state index contributed by atoms with van der Waals surface area (Å²) in [5.74, 6) is 0.166. The molecule has 2 fully saturated rings.